The van der Waals surface area contributed by atoms with E-state index in [0.717, 1.165) is 23.3 Å². The number of nitrogens with zero attached hydrogens (tertiary/aromatic N) is 1. The number of benzene rings is 1. The summed E-state index contributed by atoms with van der Waals surface area (Å²) in [7, 11) is 0. The molecule has 1 aliphatic heterocycles. The summed E-state index contributed by atoms with van der Waals surface area (Å²) in [4.78, 5) is 26.0. The number of rotatable bonds is 2. The molecule has 1 aromatic carbocycles. The normalized spacial score (nSPS) is 23.1. The molecule has 1 aliphatic carbocycles. The summed E-state index contributed by atoms with van der Waals surface area (Å²) in [6, 6.07) is -0.0351. The second-order valence-corrected chi connectivity index (χ2v) is 7.53. The van der Waals surface area contributed by atoms with Gasteiger partial charge in [-0.2, -0.15) is 26.3 Å². The second kappa shape index (κ2) is 7.63. The number of carbonyl (C=O) groups excluding carboxylic acids is 2. The van der Waals surface area contributed by atoms with Crippen LogP contribution in [0.2, 0.25) is 0 Å². The van der Waals surface area contributed by atoms with Crippen LogP contribution in [0.1, 0.15) is 62.3 Å². The second-order valence-electron chi connectivity index (χ2n) is 7.53. The highest BCUT2D eigenvalue weighted by molar-refractivity contribution is 6.04. The van der Waals surface area contributed by atoms with Gasteiger partial charge in [0.25, 0.3) is 5.91 Å². The Morgan fingerprint density at radius 2 is 1.53 bits per heavy atom. The van der Waals surface area contributed by atoms with Gasteiger partial charge >= 0.3 is 18.4 Å². The SMILES string of the molecule is CC1=C(C(=O)N2C(=O)O[C@H](c3cc(C(F)(F)F)cc(C(F)(F)F)c3)[C@@H]2C)CCCC1. The van der Waals surface area contributed by atoms with Gasteiger partial charge in [0, 0.05) is 5.57 Å². The summed E-state index contributed by atoms with van der Waals surface area (Å²) in [5, 5.41) is 0. The Bertz CT molecular complexity index is 871. The first-order valence-electron chi connectivity index (χ1n) is 9.33. The molecule has 1 aromatic rings. The Morgan fingerprint density at radius 1 is 1.00 bits per heavy atom. The van der Waals surface area contributed by atoms with Crippen LogP contribution in [0.5, 0.6) is 0 Å². The van der Waals surface area contributed by atoms with Crippen LogP contribution in [0.25, 0.3) is 0 Å². The molecule has 4 nitrogen and oxygen atoms in total. The number of amides is 2. The first-order valence-corrected chi connectivity index (χ1v) is 9.33. The number of halogens is 6. The van der Waals surface area contributed by atoms with Crippen LogP contribution in [-0.4, -0.2) is 22.9 Å². The molecule has 1 saturated heterocycles. The quantitative estimate of drug-likeness (QED) is 0.534. The summed E-state index contributed by atoms with van der Waals surface area (Å²) in [6.07, 6.45) is -9.80. The lowest BCUT2D eigenvalue weighted by atomic mass is 9.91. The minimum Gasteiger partial charge on any atom is -0.439 e. The third kappa shape index (κ3) is 4.17. The molecule has 0 aromatic heterocycles. The Labute approximate surface area is 168 Å². The van der Waals surface area contributed by atoms with Crippen LogP contribution < -0.4 is 0 Å². The van der Waals surface area contributed by atoms with Crippen molar-refractivity contribution < 1.29 is 40.7 Å². The standard InChI is InChI=1S/C20H19F6NO3/c1-10-5-3-4-6-15(10)17(28)27-11(2)16(30-18(27)29)12-7-13(19(21,22)23)9-14(8-12)20(24,25)26/h7-9,11,16H,3-6H2,1-2H3/t11-,16-/m0/s1. The number of cyclic esters (lactones) is 1. The van der Waals surface area contributed by atoms with Gasteiger partial charge in [-0.1, -0.05) is 5.57 Å². The highest BCUT2D eigenvalue weighted by Crippen LogP contribution is 2.41. The van der Waals surface area contributed by atoms with Crippen LogP contribution in [0.3, 0.4) is 0 Å². The van der Waals surface area contributed by atoms with E-state index in [4.69, 9.17) is 4.74 Å². The maximum absolute atomic E-state index is 13.1. The van der Waals surface area contributed by atoms with Gasteiger partial charge in [-0.25, -0.2) is 9.69 Å². The minimum absolute atomic E-state index is 0.00403. The van der Waals surface area contributed by atoms with Crippen molar-refractivity contribution in [3.63, 3.8) is 0 Å². The lowest BCUT2D eigenvalue weighted by molar-refractivity contribution is -0.143. The molecule has 0 saturated carbocycles. The molecule has 2 amide bonds. The largest absolute Gasteiger partial charge is 0.439 e. The van der Waals surface area contributed by atoms with E-state index >= 15 is 0 Å². The van der Waals surface area contributed by atoms with Crippen molar-refractivity contribution in [2.75, 3.05) is 0 Å². The smallest absolute Gasteiger partial charge is 0.417 e. The number of allylic oxidation sites excluding steroid dienone is 1. The third-order valence-corrected chi connectivity index (χ3v) is 5.43. The zero-order valence-corrected chi connectivity index (χ0v) is 16.2. The number of hydrogen-bond acceptors (Lipinski definition) is 3. The molecule has 0 bridgehead atoms. The Morgan fingerprint density at radius 3 is 2.03 bits per heavy atom. The maximum atomic E-state index is 13.1. The van der Waals surface area contributed by atoms with Crippen LogP contribution >= 0.6 is 0 Å². The van der Waals surface area contributed by atoms with E-state index in [1.54, 1.807) is 6.92 Å². The summed E-state index contributed by atoms with van der Waals surface area (Å²) < 4.78 is 83.9. The molecule has 2 aliphatic rings. The molecule has 30 heavy (non-hydrogen) atoms. The molecule has 1 heterocycles. The molecular weight excluding hydrogens is 416 g/mol. The first-order chi connectivity index (χ1) is 13.8. The van der Waals surface area contributed by atoms with Crippen molar-refractivity contribution in [1.82, 2.24) is 4.90 Å². The Balaban J connectivity index is 1.99. The van der Waals surface area contributed by atoms with Crippen molar-refractivity contribution in [2.45, 2.75) is 64.0 Å². The van der Waals surface area contributed by atoms with Gasteiger partial charge in [0.05, 0.1) is 17.2 Å². The number of carbonyl (C=O) groups is 2. The fourth-order valence-electron chi connectivity index (χ4n) is 3.81. The van der Waals surface area contributed by atoms with E-state index in [0.29, 0.717) is 30.5 Å². The van der Waals surface area contributed by atoms with Crippen molar-refractivity contribution >= 4 is 12.0 Å². The van der Waals surface area contributed by atoms with Crippen LogP contribution in [0.15, 0.2) is 29.3 Å². The highest BCUT2D eigenvalue weighted by atomic mass is 19.4. The van der Waals surface area contributed by atoms with Gasteiger partial charge in [0.15, 0.2) is 0 Å². The topological polar surface area (TPSA) is 46.6 Å². The van der Waals surface area contributed by atoms with Crippen molar-refractivity contribution in [1.29, 1.82) is 0 Å². The van der Waals surface area contributed by atoms with E-state index in [1.807, 2.05) is 0 Å². The highest BCUT2D eigenvalue weighted by Gasteiger charge is 2.46. The number of imide groups is 1. The van der Waals surface area contributed by atoms with Crippen molar-refractivity contribution in [3.05, 3.63) is 46.0 Å². The summed E-state index contributed by atoms with van der Waals surface area (Å²) in [5.74, 6) is -0.616. The molecule has 0 N–H and O–H groups in total. The van der Waals surface area contributed by atoms with Crippen molar-refractivity contribution in [3.8, 4) is 0 Å². The number of alkyl halides is 6. The fourth-order valence-corrected chi connectivity index (χ4v) is 3.81. The van der Waals surface area contributed by atoms with E-state index < -0.39 is 53.2 Å². The number of hydrogen-bond donors (Lipinski definition) is 0. The molecule has 3 rings (SSSR count). The van der Waals surface area contributed by atoms with Gasteiger partial charge in [-0.15, -0.1) is 0 Å². The maximum Gasteiger partial charge on any atom is 0.417 e. The fraction of sp³-hybridized carbons (Fsp3) is 0.500. The molecule has 2 atom stereocenters. The van der Waals surface area contributed by atoms with Gasteiger partial charge in [-0.3, -0.25) is 4.79 Å². The van der Waals surface area contributed by atoms with Gasteiger partial charge in [-0.05, 0) is 63.3 Å². The van der Waals surface area contributed by atoms with E-state index in [1.165, 1.54) is 6.92 Å². The average Bonchev–Trinajstić information content (AvgIpc) is 2.94. The molecule has 1 fully saturated rings. The zero-order chi connectivity index (χ0) is 22.4. The predicted octanol–water partition coefficient (Wildman–Crippen LogP) is 6.02. The molecule has 0 unspecified atom stereocenters. The Kier molecular flexibility index (Phi) is 5.64. The van der Waals surface area contributed by atoms with E-state index in [2.05, 4.69) is 0 Å². The van der Waals surface area contributed by atoms with Crippen LogP contribution in [-0.2, 0) is 21.9 Å². The van der Waals surface area contributed by atoms with Crippen molar-refractivity contribution in [2.24, 2.45) is 0 Å². The molecule has 0 spiro atoms. The zero-order valence-electron chi connectivity index (χ0n) is 16.2. The average molecular weight is 435 g/mol. The lowest BCUT2D eigenvalue weighted by Gasteiger charge is -2.24. The minimum atomic E-state index is -5.03. The predicted molar refractivity (Wildman–Crippen MR) is 93.1 cm³/mol. The molecular formula is C20H19F6NO3. The van der Waals surface area contributed by atoms with Gasteiger partial charge < -0.3 is 4.74 Å². The van der Waals surface area contributed by atoms with Crippen LogP contribution in [0.4, 0.5) is 31.1 Å². The van der Waals surface area contributed by atoms with E-state index in [9.17, 15) is 35.9 Å². The first kappa shape index (κ1) is 22.2. The van der Waals surface area contributed by atoms with Crippen LogP contribution in [0, 0.1) is 0 Å². The summed E-state index contributed by atoms with van der Waals surface area (Å²) in [6.45, 7) is 3.12. The van der Waals surface area contributed by atoms with Gasteiger partial charge in [0.1, 0.15) is 6.10 Å². The summed E-state index contributed by atoms with van der Waals surface area (Å²) in [5.41, 5.74) is -2.24. The Hall–Kier alpha value is -2.52. The summed E-state index contributed by atoms with van der Waals surface area (Å²) >= 11 is 0. The third-order valence-electron chi connectivity index (χ3n) is 5.43. The molecule has 10 heteroatoms. The molecule has 164 valence electrons. The lowest BCUT2D eigenvalue weighted by Crippen LogP contribution is -2.39. The monoisotopic (exact) mass is 435 g/mol. The van der Waals surface area contributed by atoms with Gasteiger partial charge in [0.2, 0.25) is 0 Å². The molecule has 0 radical (unpaired) electrons. The number of ether oxygens (including phenoxy) is 1. The van der Waals surface area contributed by atoms with E-state index in [-0.39, 0.29) is 6.07 Å².